The Morgan fingerprint density at radius 3 is 2.65 bits per heavy atom. The van der Waals surface area contributed by atoms with Crippen LogP contribution < -0.4 is 11.1 Å². The third-order valence-electron chi connectivity index (χ3n) is 2.73. The molecule has 0 aliphatic heterocycles. The van der Waals surface area contributed by atoms with Gasteiger partial charge in [-0.3, -0.25) is 0 Å². The summed E-state index contributed by atoms with van der Waals surface area (Å²) in [5.41, 5.74) is 9.14. The maximum atomic E-state index is 5.80. The highest BCUT2D eigenvalue weighted by molar-refractivity contribution is 14.0. The molecule has 7 heteroatoms. The molecule has 2 aromatic rings. The lowest BCUT2D eigenvalue weighted by molar-refractivity contribution is 0.376. The van der Waals surface area contributed by atoms with Gasteiger partial charge in [-0.15, -0.1) is 24.0 Å². The number of aliphatic imine (C=N–C) groups is 1. The smallest absolute Gasteiger partial charge is 0.248 e. The van der Waals surface area contributed by atoms with Crippen molar-refractivity contribution in [1.82, 2.24) is 10.1 Å². The zero-order chi connectivity index (χ0) is 13.8. The molecule has 0 aliphatic rings. The number of hydrogen-bond acceptors (Lipinski definition) is 4. The number of nitrogens with two attached hydrogens (primary N) is 1. The molecule has 0 saturated carbocycles. The molecule has 0 amide bonds. The first-order chi connectivity index (χ1) is 9.04. The van der Waals surface area contributed by atoms with E-state index in [-0.39, 0.29) is 30.5 Å². The highest BCUT2D eigenvalue weighted by Gasteiger charge is 2.02. The van der Waals surface area contributed by atoms with Gasteiger partial charge < -0.3 is 15.6 Å². The average molecular weight is 387 g/mol. The molecule has 0 fully saturated rings. The largest absolute Gasteiger partial charge is 0.370 e. The summed E-state index contributed by atoms with van der Waals surface area (Å²) >= 11 is 0. The SMILES string of the molecule is Cc1noc(CN=C(N)Nc2ccc(C)c(C)c2)n1.I. The van der Waals surface area contributed by atoms with Crippen LogP contribution in [0.25, 0.3) is 0 Å². The topological polar surface area (TPSA) is 89.3 Å². The fraction of sp³-hybridized carbons (Fsp3) is 0.308. The zero-order valence-corrected chi connectivity index (χ0v) is 14.0. The van der Waals surface area contributed by atoms with Crippen molar-refractivity contribution < 1.29 is 4.52 Å². The Morgan fingerprint density at radius 1 is 1.30 bits per heavy atom. The predicted octanol–water partition coefficient (Wildman–Crippen LogP) is 2.54. The third kappa shape index (κ3) is 4.48. The normalized spacial score (nSPS) is 11.1. The van der Waals surface area contributed by atoms with Gasteiger partial charge in [0.2, 0.25) is 5.89 Å². The fourth-order valence-corrected chi connectivity index (χ4v) is 1.56. The Morgan fingerprint density at radius 2 is 2.05 bits per heavy atom. The van der Waals surface area contributed by atoms with Crippen LogP contribution in [0.15, 0.2) is 27.7 Å². The Hall–Kier alpha value is -1.64. The van der Waals surface area contributed by atoms with Gasteiger partial charge in [0, 0.05) is 5.69 Å². The summed E-state index contributed by atoms with van der Waals surface area (Å²) in [4.78, 5) is 8.19. The fourth-order valence-electron chi connectivity index (χ4n) is 1.56. The molecule has 2 rings (SSSR count). The number of anilines is 1. The van der Waals surface area contributed by atoms with Gasteiger partial charge in [0.1, 0.15) is 6.54 Å². The molecule has 3 N–H and O–H groups in total. The second-order valence-electron chi connectivity index (χ2n) is 4.36. The molecule has 108 valence electrons. The molecule has 1 aromatic heterocycles. The van der Waals surface area contributed by atoms with Crippen LogP contribution in [0.5, 0.6) is 0 Å². The Bertz CT molecular complexity index is 609. The summed E-state index contributed by atoms with van der Waals surface area (Å²) < 4.78 is 4.95. The number of hydrogen-bond donors (Lipinski definition) is 2. The van der Waals surface area contributed by atoms with Crippen molar-refractivity contribution in [2.45, 2.75) is 27.3 Å². The van der Waals surface area contributed by atoms with E-state index in [1.807, 2.05) is 18.2 Å². The van der Waals surface area contributed by atoms with E-state index in [2.05, 4.69) is 34.3 Å². The van der Waals surface area contributed by atoms with Crippen molar-refractivity contribution in [2.24, 2.45) is 10.7 Å². The van der Waals surface area contributed by atoms with Gasteiger partial charge in [0.15, 0.2) is 11.8 Å². The van der Waals surface area contributed by atoms with Gasteiger partial charge in [-0.25, -0.2) is 4.99 Å². The molecular formula is C13H18IN5O. The van der Waals surface area contributed by atoms with Crippen molar-refractivity contribution in [3.63, 3.8) is 0 Å². The molecule has 6 nitrogen and oxygen atoms in total. The average Bonchev–Trinajstić information content (AvgIpc) is 2.77. The second-order valence-corrected chi connectivity index (χ2v) is 4.36. The highest BCUT2D eigenvalue weighted by atomic mass is 127. The summed E-state index contributed by atoms with van der Waals surface area (Å²) in [6.07, 6.45) is 0. The Labute approximate surface area is 134 Å². The number of benzene rings is 1. The lowest BCUT2D eigenvalue weighted by atomic mass is 10.1. The van der Waals surface area contributed by atoms with Gasteiger partial charge in [-0.2, -0.15) is 4.98 Å². The molecule has 0 aliphatic carbocycles. The van der Waals surface area contributed by atoms with Gasteiger partial charge in [-0.1, -0.05) is 11.2 Å². The molecule has 20 heavy (non-hydrogen) atoms. The molecule has 1 aromatic carbocycles. The summed E-state index contributed by atoms with van der Waals surface area (Å²) in [5, 5.41) is 6.71. The maximum Gasteiger partial charge on any atom is 0.248 e. The molecule has 0 bridgehead atoms. The Kier molecular flexibility index (Phi) is 5.93. The van der Waals surface area contributed by atoms with E-state index in [0.717, 1.165) is 5.69 Å². The number of nitrogens with zero attached hydrogens (tertiary/aromatic N) is 3. The minimum absolute atomic E-state index is 0. The van der Waals surface area contributed by atoms with Crippen molar-refractivity contribution >= 4 is 35.6 Å². The number of halogens is 1. The molecule has 0 saturated heterocycles. The van der Waals surface area contributed by atoms with Crippen LogP contribution in [0.2, 0.25) is 0 Å². The first-order valence-corrected chi connectivity index (χ1v) is 5.98. The summed E-state index contributed by atoms with van der Waals surface area (Å²) in [5.74, 6) is 1.35. The van der Waals surface area contributed by atoms with Gasteiger partial charge in [-0.05, 0) is 44.0 Å². The second kappa shape index (κ2) is 7.22. The lowest BCUT2D eigenvalue weighted by Crippen LogP contribution is -2.22. The van der Waals surface area contributed by atoms with Crippen LogP contribution >= 0.6 is 24.0 Å². The number of aromatic nitrogens is 2. The van der Waals surface area contributed by atoms with Crippen LogP contribution in [0.3, 0.4) is 0 Å². The summed E-state index contributed by atoms with van der Waals surface area (Å²) in [7, 11) is 0. The van der Waals surface area contributed by atoms with Crippen molar-refractivity contribution in [2.75, 3.05) is 5.32 Å². The van der Waals surface area contributed by atoms with Crippen molar-refractivity contribution in [1.29, 1.82) is 0 Å². The van der Waals surface area contributed by atoms with E-state index in [1.54, 1.807) is 6.92 Å². The van der Waals surface area contributed by atoms with E-state index in [4.69, 9.17) is 10.3 Å². The van der Waals surface area contributed by atoms with Crippen LogP contribution in [-0.2, 0) is 6.54 Å². The van der Waals surface area contributed by atoms with E-state index in [0.29, 0.717) is 17.7 Å². The summed E-state index contributed by atoms with van der Waals surface area (Å²) in [6, 6.07) is 6.02. The number of rotatable bonds is 3. The van der Waals surface area contributed by atoms with Gasteiger partial charge in [0.05, 0.1) is 0 Å². The van der Waals surface area contributed by atoms with Crippen molar-refractivity contribution in [3.05, 3.63) is 41.0 Å². The van der Waals surface area contributed by atoms with Crippen LogP contribution in [0.1, 0.15) is 22.8 Å². The van der Waals surface area contributed by atoms with E-state index in [9.17, 15) is 0 Å². The Balaban J connectivity index is 0.00000200. The van der Waals surface area contributed by atoms with Crippen molar-refractivity contribution in [3.8, 4) is 0 Å². The van der Waals surface area contributed by atoms with Crippen LogP contribution in [0, 0.1) is 20.8 Å². The molecule has 0 atom stereocenters. The monoisotopic (exact) mass is 387 g/mol. The molecule has 0 radical (unpaired) electrons. The van der Waals surface area contributed by atoms with Crippen LogP contribution in [-0.4, -0.2) is 16.1 Å². The number of guanidine groups is 1. The van der Waals surface area contributed by atoms with Gasteiger partial charge >= 0.3 is 0 Å². The third-order valence-corrected chi connectivity index (χ3v) is 2.73. The lowest BCUT2D eigenvalue weighted by Gasteiger charge is -2.07. The predicted molar refractivity (Wildman–Crippen MR) is 89.3 cm³/mol. The molecule has 0 unspecified atom stereocenters. The minimum Gasteiger partial charge on any atom is -0.370 e. The van der Waals surface area contributed by atoms with E-state index in [1.165, 1.54) is 11.1 Å². The highest BCUT2D eigenvalue weighted by Crippen LogP contribution is 2.13. The minimum atomic E-state index is 0. The molecule has 0 spiro atoms. The molecular weight excluding hydrogens is 369 g/mol. The van der Waals surface area contributed by atoms with Gasteiger partial charge in [0.25, 0.3) is 0 Å². The first kappa shape index (κ1) is 16.4. The zero-order valence-electron chi connectivity index (χ0n) is 11.7. The first-order valence-electron chi connectivity index (χ1n) is 5.98. The van der Waals surface area contributed by atoms with E-state index < -0.39 is 0 Å². The standard InChI is InChI=1S/C13H17N5O.HI/c1-8-4-5-11(6-9(8)2)17-13(14)15-7-12-16-10(3)18-19-12;/h4-6H,7H2,1-3H3,(H3,14,15,17);1H. The van der Waals surface area contributed by atoms with E-state index >= 15 is 0 Å². The maximum absolute atomic E-state index is 5.80. The summed E-state index contributed by atoms with van der Waals surface area (Å²) in [6.45, 7) is 6.14. The van der Waals surface area contributed by atoms with Crippen LogP contribution in [0.4, 0.5) is 5.69 Å². The number of aryl methyl sites for hydroxylation is 3. The number of nitrogens with one attached hydrogen (secondary N) is 1. The quantitative estimate of drug-likeness (QED) is 0.480. The molecule has 1 heterocycles.